The lowest BCUT2D eigenvalue weighted by Crippen LogP contribution is -2.26. The topological polar surface area (TPSA) is 107 Å². The van der Waals surface area contributed by atoms with Gasteiger partial charge in [0.15, 0.2) is 0 Å². The Labute approximate surface area is 179 Å². The Hall–Kier alpha value is -4.13. The number of ether oxygens (including phenoxy) is 1. The molecule has 0 radical (unpaired) electrons. The van der Waals surface area contributed by atoms with Crippen LogP contribution >= 0.6 is 0 Å². The van der Waals surface area contributed by atoms with Crippen LogP contribution in [-0.2, 0) is 4.74 Å². The van der Waals surface area contributed by atoms with Gasteiger partial charge in [-0.3, -0.25) is 10.1 Å². The van der Waals surface area contributed by atoms with Crippen molar-refractivity contribution in [2.24, 2.45) is 0 Å². The molecule has 4 rings (SSSR count). The summed E-state index contributed by atoms with van der Waals surface area (Å²) < 4.78 is 5.46. The predicted octanol–water partition coefficient (Wildman–Crippen LogP) is 4.73. The molecule has 0 aromatic heterocycles. The number of alkyl carbamates (subject to hydrolysis) is 1. The Balaban J connectivity index is 1.35. The number of anilines is 1. The molecule has 1 aliphatic rings. The highest BCUT2D eigenvalue weighted by atomic mass is 16.6. The van der Waals surface area contributed by atoms with Crippen LogP contribution in [0.25, 0.3) is 17.2 Å². The molecule has 7 nitrogen and oxygen atoms in total. The molecule has 0 saturated carbocycles. The Bertz CT molecular complexity index is 1130. The number of nitrogens with two attached hydrogens (primary N) is 1. The van der Waals surface area contributed by atoms with Crippen molar-refractivity contribution in [3.63, 3.8) is 0 Å². The van der Waals surface area contributed by atoms with E-state index in [2.05, 4.69) is 29.6 Å². The van der Waals surface area contributed by atoms with Crippen LogP contribution in [0.4, 0.5) is 16.2 Å². The minimum absolute atomic E-state index is 0.0105. The van der Waals surface area contributed by atoms with Crippen LogP contribution in [0.5, 0.6) is 0 Å². The van der Waals surface area contributed by atoms with Crippen molar-refractivity contribution in [1.29, 1.82) is 0 Å². The summed E-state index contributed by atoms with van der Waals surface area (Å²) in [6.45, 7) is 0.396. The zero-order valence-electron chi connectivity index (χ0n) is 16.7. The van der Waals surface area contributed by atoms with Crippen molar-refractivity contribution in [3.8, 4) is 11.1 Å². The van der Waals surface area contributed by atoms with Crippen LogP contribution in [0.15, 0.2) is 72.8 Å². The Morgan fingerprint density at radius 2 is 1.71 bits per heavy atom. The van der Waals surface area contributed by atoms with E-state index in [9.17, 15) is 14.9 Å². The van der Waals surface area contributed by atoms with Gasteiger partial charge in [-0.25, -0.2) is 4.79 Å². The summed E-state index contributed by atoms with van der Waals surface area (Å²) >= 11 is 0. The molecule has 0 atom stereocenters. The number of benzene rings is 3. The molecule has 0 bridgehead atoms. The van der Waals surface area contributed by atoms with Crippen molar-refractivity contribution < 1.29 is 14.5 Å². The first-order valence-electron chi connectivity index (χ1n) is 9.84. The molecule has 1 amide bonds. The maximum absolute atomic E-state index is 12.2. The maximum Gasteiger partial charge on any atom is 0.407 e. The van der Waals surface area contributed by atoms with Crippen molar-refractivity contribution >= 4 is 23.5 Å². The van der Waals surface area contributed by atoms with E-state index >= 15 is 0 Å². The minimum Gasteiger partial charge on any atom is -0.449 e. The van der Waals surface area contributed by atoms with E-state index in [1.165, 1.54) is 29.3 Å². The van der Waals surface area contributed by atoms with E-state index in [1.807, 2.05) is 24.3 Å². The molecular weight excluding hydrogens is 394 g/mol. The van der Waals surface area contributed by atoms with Crippen LogP contribution < -0.4 is 11.1 Å². The second-order valence-electron chi connectivity index (χ2n) is 7.18. The third-order valence-electron chi connectivity index (χ3n) is 5.25. The first-order chi connectivity index (χ1) is 15.0. The van der Waals surface area contributed by atoms with Gasteiger partial charge in [0.1, 0.15) is 6.61 Å². The monoisotopic (exact) mass is 415 g/mol. The van der Waals surface area contributed by atoms with Gasteiger partial charge in [0.05, 0.1) is 10.5 Å². The molecule has 0 spiro atoms. The highest BCUT2D eigenvalue weighted by Crippen LogP contribution is 2.44. The first-order valence-corrected chi connectivity index (χ1v) is 9.84. The average molecular weight is 415 g/mol. The number of nitrogens with one attached hydrogen (secondary N) is 1. The summed E-state index contributed by atoms with van der Waals surface area (Å²) in [6.07, 6.45) is 2.62. The Morgan fingerprint density at radius 3 is 2.35 bits per heavy atom. The molecule has 3 aromatic carbocycles. The number of fused-ring (bicyclic) bond motifs is 3. The zero-order valence-corrected chi connectivity index (χ0v) is 16.7. The van der Waals surface area contributed by atoms with E-state index in [0.29, 0.717) is 11.3 Å². The minimum atomic E-state index is -0.548. The number of carbonyl (C=O) groups is 1. The van der Waals surface area contributed by atoms with Crippen LogP contribution in [0.3, 0.4) is 0 Å². The van der Waals surface area contributed by atoms with Crippen molar-refractivity contribution in [3.05, 3.63) is 99.6 Å². The number of nitro benzene ring substituents is 1. The maximum atomic E-state index is 12.2. The summed E-state index contributed by atoms with van der Waals surface area (Å²) in [4.78, 5) is 22.8. The molecule has 0 saturated heterocycles. The molecule has 7 heteroatoms. The van der Waals surface area contributed by atoms with Gasteiger partial charge in [-0.1, -0.05) is 60.7 Å². The first kappa shape index (κ1) is 20.2. The van der Waals surface area contributed by atoms with E-state index < -0.39 is 11.0 Å². The lowest BCUT2D eigenvalue weighted by atomic mass is 9.98. The molecule has 0 fully saturated rings. The zero-order chi connectivity index (χ0) is 21.8. The standard InChI is InChI=1S/C24H21N3O4/c25-17-11-12-23(27(29)30)16(14-17)6-5-13-26-24(28)31-15-22-20-9-3-1-7-18(20)19-8-2-4-10-21(19)22/h1-12,14,22H,13,15,25H2,(H,26,28). The number of carbonyl (C=O) groups excluding carboxylic acids is 1. The quantitative estimate of drug-likeness (QED) is 0.344. The fourth-order valence-corrected chi connectivity index (χ4v) is 3.85. The normalized spacial score (nSPS) is 12.4. The Morgan fingerprint density at radius 1 is 1.06 bits per heavy atom. The van der Waals surface area contributed by atoms with Crippen molar-refractivity contribution in [1.82, 2.24) is 5.32 Å². The van der Waals surface area contributed by atoms with Gasteiger partial charge >= 0.3 is 6.09 Å². The lowest BCUT2D eigenvalue weighted by Gasteiger charge is -2.14. The Kier molecular flexibility index (Phi) is 5.66. The number of nitrogen functional groups attached to an aromatic ring is 1. The third kappa shape index (κ3) is 4.25. The van der Waals surface area contributed by atoms with E-state index in [-0.39, 0.29) is 24.8 Å². The van der Waals surface area contributed by atoms with Crippen molar-refractivity contribution in [2.45, 2.75) is 5.92 Å². The molecular formula is C24H21N3O4. The molecule has 0 unspecified atom stereocenters. The number of hydrogen-bond acceptors (Lipinski definition) is 5. The molecule has 0 heterocycles. The number of amides is 1. The highest BCUT2D eigenvalue weighted by molar-refractivity contribution is 5.79. The molecule has 156 valence electrons. The summed E-state index contributed by atoms with van der Waals surface area (Å²) in [5, 5.41) is 13.7. The largest absolute Gasteiger partial charge is 0.449 e. The van der Waals surface area contributed by atoms with Gasteiger partial charge in [0, 0.05) is 24.2 Å². The number of nitrogens with zero attached hydrogens (tertiary/aromatic N) is 1. The van der Waals surface area contributed by atoms with Crippen LogP contribution in [0.2, 0.25) is 0 Å². The fraction of sp³-hybridized carbons (Fsp3) is 0.125. The molecule has 3 N–H and O–H groups in total. The summed E-state index contributed by atoms with van der Waals surface area (Å²) in [6, 6.07) is 20.6. The van der Waals surface area contributed by atoms with Gasteiger partial charge < -0.3 is 15.8 Å². The van der Waals surface area contributed by atoms with Crippen molar-refractivity contribution in [2.75, 3.05) is 18.9 Å². The van der Waals surface area contributed by atoms with Crippen LogP contribution in [0.1, 0.15) is 22.6 Å². The smallest absolute Gasteiger partial charge is 0.407 e. The SMILES string of the molecule is Nc1ccc([N+](=O)[O-])c(C=CCNC(=O)OCC2c3ccccc3-c3ccccc32)c1. The molecule has 31 heavy (non-hydrogen) atoms. The van der Waals surface area contributed by atoms with Gasteiger partial charge in [-0.15, -0.1) is 0 Å². The molecule has 3 aromatic rings. The third-order valence-corrected chi connectivity index (χ3v) is 5.25. The molecule has 0 aliphatic heterocycles. The second kappa shape index (κ2) is 8.71. The van der Waals surface area contributed by atoms with Gasteiger partial charge in [0.25, 0.3) is 5.69 Å². The van der Waals surface area contributed by atoms with E-state index in [1.54, 1.807) is 12.2 Å². The average Bonchev–Trinajstić information content (AvgIpc) is 3.09. The summed E-state index contributed by atoms with van der Waals surface area (Å²) in [7, 11) is 0. The predicted molar refractivity (Wildman–Crippen MR) is 120 cm³/mol. The summed E-state index contributed by atoms with van der Waals surface area (Å²) in [5.74, 6) is -0.0105. The fourth-order valence-electron chi connectivity index (χ4n) is 3.85. The molecule has 1 aliphatic carbocycles. The number of hydrogen-bond donors (Lipinski definition) is 2. The van der Waals surface area contributed by atoms with Crippen LogP contribution in [0, 0.1) is 10.1 Å². The lowest BCUT2D eigenvalue weighted by molar-refractivity contribution is -0.385. The van der Waals surface area contributed by atoms with Gasteiger partial charge in [-0.2, -0.15) is 0 Å². The van der Waals surface area contributed by atoms with Gasteiger partial charge in [-0.05, 0) is 34.4 Å². The highest BCUT2D eigenvalue weighted by Gasteiger charge is 2.28. The number of rotatable bonds is 6. The van der Waals surface area contributed by atoms with Gasteiger partial charge in [0.2, 0.25) is 0 Å². The number of nitro groups is 1. The summed E-state index contributed by atoms with van der Waals surface area (Å²) in [5.41, 5.74) is 11.1. The van der Waals surface area contributed by atoms with E-state index in [0.717, 1.165) is 11.1 Å². The van der Waals surface area contributed by atoms with E-state index in [4.69, 9.17) is 10.5 Å². The second-order valence-corrected chi connectivity index (χ2v) is 7.18. The van der Waals surface area contributed by atoms with Crippen LogP contribution in [-0.4, -0.2) is 24.2 Å².